The van der Waals surface area contributed by atoms with Gasteiger partial charge in [-0.05, 0) is 79.1 Å². The Morgan fingerprint density at radius 1 is 0.905 bits per heavy atom. The van der Waals surface area contributed by atoms with Crippen LogP contribution < -0.4 is 10.3 Å². The van der Waals surface area contributed by atoms with Crippen LogP contribution >= 0.6 is 0 Å². The van der Waals surface area contributed by atoms with Gasteiger partial charge in [0.05, 0.1) is 16.8 Å². The van der Waals surface area contributed by atoms with E-state index >= 15 is 0 Å². The van der Waals surface area contributed by atoms with E-state index in [0.717, 1.165) is 64.6 Å². The molecule has 4 aromatic carbocycles. The third-order valence-corrected chi connectivity index (χ3v) is 6.56. The first-order chi connectivity index (χ1) is 19.7. The standard InChI is InChI=1S/C30H20F5N3O4/c1-14-7-15(2)9-19(8-14)38-25-11-17(30(33,34)35)4-5-20(25)26(28(38)40)37-36-24-13-18(31)12-21(27(24)39)16-3-6-23(32)22(10-16)29(41)42/h3-13,36,39H,1-2H3,(H,41,42)/b37-26-. The van der Waals surface area contributed by atoms with E-state index in [2.05, 4.69) is 10.5 Å². The highest BCUT2D eigenvalue weighted by molar-refractivity contribution is 6.55. The van der Waals surface area contributed by atoms with Gasteiger partial charge in [-0.1, -0.05) is 12.1 Å². The third-order valence-electron chi connectivity index (χ3n) is 6.56. The maximum absolute atomic E-state index is 14.6. The van der Waals surface area contributed by atoms with E-state index in [1.807, 2.05) is 6.07 Å². The summed E-state index contributed by atoms with van der Waals surface area (Å²) in [5.41, 5.74) is 1.66. The number of halogens is 5. The Labute approximate surface area is 235 Å². The van der Waals surface area contributed by atoms with Gasteiger partial charge in [-0.2, -0.15) is 18.3 Å². The number of amides is 1. The van der Waals surface area contributed by atoms with Crippen LogP contribution in [0, 0.1) is 25.5 Å². The summed E-state index contributed by atoms with van der Waals surface area (Å²) in [7, 11) is 0. The molecule has 0 radical (unpaired) electrons. The molecule has 1 amide bonds. The van der Waals surface area contributed by atoms with Gasteiger partial charge in [-0.15, -0.1) is 0 Å². The van der Waals surface area contributed by atoms with Crippen LogP contribution in [0.1, 0.15) is 32.6 Å². The van der Waals surface area contributed by atoms with E-state index in [4.69, 9.17) is 0 Å². The number of aryl methyl sites for hydroxylation is 2. The average Bonchev–Trinajstić information content (AvgIpc) is 3.18. The lowest BCUT2D eigenvalue weighted by molar-refractivity contribution is -0.137. The molecule has 0 saturated carbocycles. The lowest BCUT2D eigenvalue weighted by Crippen LogP contribution is -2.26. The Morgan fingerprint density at radius 2 is 1.60 bits per heavy atom. The van der Waals surface area contributed by atoms with Gasteiger partial charge in [0.15, 0.2) is 5.71 Å². The molecule has 1 heterocycles. The molecule has 0 atom stereocenters. The highest BCUT2D eigenvalue weighted by Gasteiger charge is 2.39. The van der Waals surface area contributed by atoms with Crippen LogP contribution in [0.3, 0.4) is 0 Å². The number of aromatic hydroxyl groups is 1. The Morgan fingerprint density at radius 3 is 2.24 bits per heavy atom. The number of hydrogen-bond acceptors (Lipinski definition) is 5. The van der Waals surface area contributed by atoms with Crippen molar-refractivity contribution >= 4 is 34.7 Å². The number of carbonyl (C=O) groups excluding carboxylic acids is 1. The highest BCUT2D eigenvalue weighted by atomic mass is 19.4. The molecule has 0 saturated heterocycles. The third kappa shape index (κ3) is 5.14. The van der Waals surface area contributed by atoms with Gasteiger partial charge < -0.3 is 10.2 Å². The summed E-state index contributed by atoms with van der Waals surface area (Å²) in [4.78, 5) is 26.0. The minimum atomic E-state index is -4.69. The summed E-state index contributed by atoms with van der Waals surface area (Å²) in [5, 5.41) is 24.1. The SMILES string of the molecule is Cc1cc(C)cc(N2C(=O)/C(=N\Nc3cc(F)cc(-c4ccc(F)c(C(=O)O)c4)c3O)c3ccc(C(F)(F)F)cc32)c1. The number of nitrogens with one attached hydrogen (secondary N) is 1. The molecule has 0 bridgehead atoms. The molecule has 4 aromatic rings. The fraction of sp³-hybridized carbons (Fsp3) is 0.100. The summed E-state index contributed by atoms with van der Waals surface area (Å²) in [6.07, 6.45) is -4.69. The quantitative estimate of drug-likeness (QED) is 0.132. The minimum Gasteiger partial charge on any atom is -0.505 e. The molecule has 1 aliphatic heterocycles. The van der Waals surface area contributed by atoms with Crippen molar-refractivity contribution in [3.05, 3.63) is 106 Å². The molecular weight excluding hydrogens is 561 g/mol. The van der Waals surface area contributed by atoms with Crippen LogP contribution in [0.25, 0.3) is 11.1 Å². The zero-order valence-corrected chi connectivity index (χ0v) is 21.8. The lowest BCUT2D eigenvalue weighted by atomic mass is 10.0. The summed E-state index contributed by atoms with van der Waals surface area (Å²) in [6.45, 7) is 3.54. The number of hydrazone groups is 1. The molecule has 1 aliphatic rings. The zero-order chi connectivity index (χ0) is 30.5. The molecule has 0 aliphatic carbocycles. The van der Waals surface area contributed by atoms with Gasteiger partial charge in [0, 0.05) is 22.9 Å². The van der Waals surface area contributed by atoms with Crippen LogP contribution in [0.15, 0.2) is 71.8 Å². The van der Waals surface area contributed by atoms with E-state index in [9.17, 15) is 41.8 Å². The van der Waals surface area contributed by atoms with E-state index in [-0.39, 0.29) is 33.8 Å². The number of phenolic OH excluding ortho intramolecular Hbond substituents is 1. The summed E-state index contributed by atoms with van der Waals surface area (Å²) in [5.74, 6) is -4.88. The molecule has 0 spiro atoms. The van der Waals surface area contributed by atoms with Gasteiger partial charge in [0.2, 0.25) is 0 Å². The molecule has 3 N–H and O–H groups in total. The van der Waals surface area contributed by atoms with Gasteiger partial charge in [0.1, 0.15) is 23.1 Å². The Bertz CT molecular complexity index is 1800. The molecular formula is C30H20F5N3O4. The molecule has 12 heteroatoms. The molecule has 214 valence electrons. The number of benzene rings is 4. The number of aromatic carboxylic acids is 1. The van der Waals surface area contributed by atoms with E-state index in [1.165, 1.54) is 0 Å². The van der Waals surface area contributed by atoms with Gasteiger partial charge in [0.25, 0.3) is 5.91 Å². The number of rotatable bonds is 5. The van der Waals surface area contributed by atoms with Crippen molar-refractivity contribution in [3.63, 3.8) is 0 Å². The van der Waals surface area contributed by atoms with Gasteiger partial charge in [-0.25, -0.2) is 13.6 Å². The normalized spacial score (nSPS) is 13.9. The fourth-order valence-corrected chi connectivity index (χ4v) is 4.75. The van der Waals surface area contributed by atoms with Crippen molar-refractivity contribution in [2.24, 2.45) is 5.10 Å². The first-order valence-corrected chi connectivity index (χ1v) is 12.3. The van der Waals surface area contributed by atoms with Crippen molar-refractivity contribution in [2.45, 2.75) is 20.0 Å². The van der Waals surface area contributed by atoms with Crippen LogP contribution in [-0.2, 0) is 11.0 Å². The molecule has 0 aromatic heterocycles. The van der Waals surface area contributed by atoms with Crippen molar-refractivity contribution in [1.29, 1.82) is 0 Å². The van der Waals surface area contributed by atoms with E-state index in [0.29, 0.717) is 5.69 Å². The number of hydrogen-bond donors (Lipinski definition) is 3. The maximum Gasteiger partial charge on any atom is 0.416 e. The molecule has 7 nitrogen and oxygen atoms in total. The number of carboxylic acid groups (broad SMARTS) is 1. The monoisotopic (exact) mass is 581 g/mol. The van der Waals surface area contributed by atoms with E-state index in [1.54, 1.807) is 26.0 Å². The largest absolute Gasteiger partial charge is 0.505 e. The van der Waals surface area contributed by atoms with Crippen LogP contribution in [0.5, 0.6) is 5.75 Å². The number of fused-ring (bicyclic) bond motifs is 1. The topological polar surface area (TPSA) is 102 Å². The smallest absolute Gasteiger partial charge is 0.416 e. The number of carbonyl (C=O) groups is 2. The van der Waals surface area contributed by atoms with Crippen molar-refractivity contribution < 1.29 is 41.8 Å². The van der Waals surface area contributed by atoms with Gasteiger partial charge in [-0.3, -0.25) is 15.1 Å². The number of anilines is 3. The first-order valence-electron chi connectivity index (χ1n) is 12.3. The van der Waals surface area contributed by atoms with Crippen LogP contribution in [-0.4, -0.2) is 27.8 Å². The summed E-state index contributed by atoms with van der Waals surface area (Å²) < 4.78 is 69.2. The van der Waals surface area contributed by atoms with Crippen LogP contribution in [0.2, 0.25) is 0 Å². The lowest BCUT2D eigenvalue weighted by Gasteiger charge is -2.19. The Balaban J connectivity index is 1.60. The van der Waals surface area contributed by atoms with Crippen molar-refractivity contribution in [3.8, 4) is 16.9 Å². The number of nitrogens with zero attached hydrogens (tertiary/aromatic N) is 2. The highest BCUT2D eigenvalue weighted by Crippen LogP contribution is 2.42. The zero-order valence-electron chi connectivity index (χ0n) is 21.8. The first kappa shape index (κ1) is 28.3. The average molecular weight is 581 g/mol. The summed E-state index contributed by atoms with van der Waals surface area (Å²) in [6, 6.07) is 12.5. The second-order valence-electron chi connectivity index (χ2n) is 9.64. The van der Waals surface area contributed by atoms with Gasteiger partial charge >= 0.3 is 12.1 Å². The second-order valence-corrected chi connectivity index (χ2v) is 9.64. The Kier molecular flexibility index (Phi) is 6.93. The number of phenols is 1. The van der Waals surface area contributed by atoms with Crippen molar-refractivity contribution in [2.75, 3.05) is 10.3 Å². The van der Waals surface area contributed by atoms with Crippen LogP contribution in [0.4, 0.5) is 39.0 Å². The minimum absolute atomic E-state index is 0.0236. The predicted molar refractivity (Wildman–Crippen MR) is 145 cm³/mol. The second kappa shape index (κ2) is 10.3. The van der Waals surface area contributed by atoms with E-state index < -0.39 is 46.6 Å². The molecule has 0 unspecified atom stereocenters. The fourth-order valence-electron chi connectivity index (χ4n) is 4.75. The number of alkyl halides is 3. The van der Waals surface area contributed by atoms with Crippen molar-refractivity contribution in [1.82, 2.24) is 0 Å². The predicted octanol–water partition coefficient (Wildman–Crippen LogP) is 7.17. The molecule has 0 fully saturated rings. The summed E-state index contributed by atoms with van der Waals surface area (Å²) >= 11 is 0. The molecule has 42 heavy (non-hydrogen) atoms. The maximum atomic E-state index is 14.6. The molecule has 5 rings (SSSR count). The Hall–Kier alpha value is -5.26. The number of carboxylic acids is 1.